The topological polar surface area (TPSA) is 62.1 Å². The van der Waals surface area contributed by atoms with Gasteiger partial charge in [-0.05, 0) is 145 Å². The number of fused-ring (bicyclic) bond motifs is 3. The third kappa shape index (κ3) is 8.96. The lowest BCUT2D eigenvalue weighted by molar-refractivity contribution is 0.185. The Balaban J connectivity index is 0.987. The molecular weight excluding hydrogens is 949 g/mol. The lowest BCUT2D eigenvalue weighted by atomic mass is 9.82. The number of hydrogen-bond acceptors (Lipinski definition) is 5. The highest BCUT2D eigenvalue weighted by molar-refractivity contribution is 5.94. The predicted octanol–water partition coefficient (Wildman–Crippen LogP) is 18.3. The Bertz CT molecular complexity index is 3960. The van der Waals surface area contributed by atoms with Crippen LogP contribution >= 0.6 is 0 Å². The molecule has 13 rings (SSSR count). The number of rotatable bonds is 12. The fourth-order valence-electron chi connectivity index (χ4n) is 11.5. The lowest BCUT2D eigenvalue weighted by Gasteiger charge is -2.33. The maximum atomic E-state index is 13.7. The molecule has 0 amide bonds. The summed E-state index contributed by atoms with van der Waals surface area (Å²) in [5, 5.41) is 13.7. The molecule has 0 spiro atoms. The average Bonchev–Trinajstić information content (AvgIpc) is 3.81. The van der Waals surface area contributed by atoms with Crippen LogP contribution in [0.2, 0.25) is 0 Å². The second-order valence-corrected chi connectivity index (χ2v) is 20.5. The van der Waals surface area contributed by atoms with Crippen LogP contribution in [0.1, 0.15) is 36.8 Å². The standard InChI is InChI=1S/C73H54N4O/c1-73(2)65-24-11-10-23-64(65)71-66(73)25-16-28-70(71)77(59-39-37-54(38-40-59)69-48-55(41-44-76-69)49-17-4-3-5-18-49)72(78)58-46-56(62-21-8-6-19-60(62)50-29-33-52(34-30-50)67-26-12-14-42-74-67)45-57(47-58)63-22-9-7-20-61(63)51-31-35-53(36-32-51)68-27-13-15-43-75-68/h3-48,72,78H,1-2H3. The van der Waals surface area contributed by atoms with Gasteiger partial charge in [-0.3, -0.25) is 15.0 Å². The predicted molar refractivity (Wildman–Crippen MR) is 321 cm³/mol. The molecule has 9 aromatic carbocycles. The van der Waals surface area contributed by atoms with E-state index in [1.165, 1.54) is 16.7 Å². The van der Waals surface area contributed by atoms with Crippen molar-refractivity contribution in [3.8, 4) is 101 Å². The fourth-order valence-corrected chi connectivity index (χ4v) is 11.5. The van der Waals surface area contributed by atoms with Gasteiger partial charge < -0.3 is 10.0 Å². The van der Waals surface area contributed by atoms with Gasteiger partial charge in [-0.25, -0.2) is 0 Å². The van der Waals surface area contributed by atoms with Crippen LogP contribution in [-0.4, -0.2) is 20.1 Å². The molecule has 0 aliphatic heterocycles. The van der Waals surface area contributed by atoms with Gasteiger partial charge >= 0.3 is 0 Å². The molecule has 3 heterocycles. The van der Waals surface area contributed by atoms with Crippen molar-refractivity contribution in [2.24, 2.45) is 0 Å². The second-order valence-electron chi connectivity index (χ2n) is 20.5. The first-order chi connectivity index (χ1) is 38.4. The first-order valence-corrected chi connectivity index (χ1v) is 26.6. The van der Waals surface area contributed by atoms with Crippen molar-refractivity contribution in [3.63, 3.8) is 0 Å². The smallest absolute Gasteiger partial charge is 0.157 e. The molecule has 1 aliphatic carbocycles. The van der Waals surface area contributed by atoms with Crippen molar-refractivity contribution in [1.82, 2.24) is 15.0 Å². The van der Waals surface area contributed by atoms with Gasteiger partial charge in [0.05, 0.1) is 22.8 Å². The van der Waals surface area contributed by atoms with Crippen LogP contribution in [0, 0.1) is 0 Å². The molecule has 1 N–H and O–H groups in total. The van der Waals surface area contributed by atoms with Crippen molar-refractivity contribution in [3.05, 3.63) is 296 Å². The zero-order chi connectivity index (χ0) is 52.6. The summed E-state index contributed by atoms with van der Waals surface area (Å²) >= 11 is 0. The van der Waals surface area contributed by atoms with Gasteiger partial charge in [0, 0.05) is 57.5 Å². The molecule has 0 fully saturated rings. The largest absolute Gasteiger partial charge is 0.369 e. The van der Waals surface area contributed by atoms with E-state index in [-0.39, 0.29) is 5.41 Å². The van der Waals surface area contributed by atoms with E-state index in [2.05, 4.69) is 247 Å². The number of aromatic nitrogens is 3. The fraction of sp³-hybridized carbons (Fsp3) is 0.0548. The lowest BCUT2D eigenvalue weighted by Crippen LogP contribution is -2.25. The number of aliphatic hydroxyl groups excluding tert-OH is 1. The molecular formula is C73H54N4O. The Morgan fingerprint density at radius 2 is 0.795 bits per heavy atom. The summed E-state index contributed by atoms with van der Waals surface area (Å²) in [7, 11) is 0. The van der Waals surface area contributed by atoms with E-state index in [9.17, 15) is 5.11 Å². The van der Waals surface area contributed by atoms with Crippen LogP contribution in [0.5, 0.6) is 0 Å². The second kappa shape index (κ2) is 20.4. The Labute approximate surface area is 456 Å². The minimum atomic E-state index is -1.15. The van der Waals surface area contributed by atoms with Crippen LogP contribution in [0.4, 0.5) is 11.4 Å². The average molecular weight is 1000 g/mol. The van der Waals surface area contributed by atoms with Gasteiger partial charge in [-0.15, -0.1) is 0 Å². The van der Waals surface area contributed by atoms with E-state index in [4.69, 9.17) is 4.98 Å². The van der Waals surface area contributed by atoms with Crippen molar-refractivity contribution in [2.75, 3.05) is 4.90 Å². The van der Waals surface area contributed by atoms with Gasteiger partial charge in [0.25, 0.3) is 0 Å². The first kappa shape index (κ1) is 47.9. The third-order valence-electron chi connectivity index (χ3n) is 15.4. The van der Waals surface area contributed by atoms with E-state index in [0.717, 1.165) is 112 Å². The molecule has 0 saturated heterocycles. The monoisotopic (exact) mass is 1000 g/mol. The maximum Gasteiger partial charge on any atom is 0.157 e. The summed E-state index contributed by atoms with van der Waals surface area (Å²) in [5.74, 6) is 0. The highest BCUT2D eigenvalue weighted by Crippen LogP contribution is 2.54. The third-order valence-corrected chi connectivity index (χ3v) is 15.4. The summed E-state index contributed by atoms with van der Waals surface area (Å²) in [4.78, 5) is 16.2. The molecule has 1 aliphatic rings. The maximum absolute atomic E-state index is 13.7. The molecule has 5 nitrogen and oxygen atoms in total. The molecule has 1 atom stereocenters. The number of pyridine rings is 3. The number of benzene rings is 9. The zero-order valence-corrected chi connectivity index (χ0v) is 43.4. The Morgan fingerprint density at radius 3 is 1.36 bits per heavy atom. The van der Waals surface area contributed by atoms with Crippen molar-refractivity contribution in [2.45, 2.75) is 25.5 Å². The van der Waals surface area contributed by atoms with Crippen LogP contribution in [-0.2, 0) is 5.41 Å². The quantitative estimate of drug-likeness (QED) is 0.124. The van der Waals surface area contributed by atoms with Crippen molar-refractivity contribution >= 4 is 11.4 Å². The molecule has 1 unspecified atom stereocenters. The van der Waals surface area contributed by atoms with Crippen LogP contribution in [0.25, 0.3) is 101 Å². The SMILES string of the molecule is CC1(C)c2ccccc2-c2c(N(c3ccc(-c4cc(-c5ccccc5)ccn4)cc3)C(O)c3cc(-c4ccccc4-c4ccc(-c5ccccn5)cc4)cc(-c4ccccc4-c4ccc(-c5ccccn5)cc4)c3)cccc21. The molecule has 3 aromatic heterocycles. The van der Waals surface area contributed by atoms with Gasteiger partial charge in [-0.1, -0.05) is 202 Å². The first-order valence-electron chi connectivity index (χ1n) is 26.6. The molecule has 0 radical (unpaired) electrons. The van der Waals surface area contributed by atoms with Crippen molar-refractivity contribution in [1.29, 1.82) is 0 Å². The van der Waals surface area contributed by atoms with E-state index in [0.29, 0.717) is 0 Å². The number of hydrogen-bond donors (Lipinski definition) is 1. The van der Waals surface area contributed by atoms with E-state index >= 15 is 0 Å². The molecule has 78 heavy (non-hydrogen) atoms. The summed E-state index contributed by atoms with van der Waals surface area (Å²) in [5.41, 5.74) is 23.5. The normalized spacial score (nSPS) is 12.6. The molecule has 12 aromatic rings. The number of anilines is 2. The molecule has 372 valence electrons. The summed E-state index contributed by atoms with van der Waals surface area (Å²) in [6.07, 6.45) is 4.39. The van der Waals surface area contributed by atoms with Crippen LogP contribution in [0.15, 0.2) is 279 Å². The summed E-state index contributed by atoms with van der Waals surface area (Å²) in [6.45, 7) is 4.60. The zero-order valence-electron chi connectivity index (χ0n) is 43.4. The minimum Gasteiger partial charge on any atom is -0.369 e. The minimum absolute atomic E-state index is 0.260. The van der Waals surface area contributed by atoms with Gasteiger partial charge in [0.1, 0.15) is 0 Å². The highest BCUT2D eigenvalue weighted by atomic mass is 16.3. The van der Waals surface area contributed by atoms with Crippen LogP contribution in [0.3, 0.4) is 0 Å². The Kier molecular flexibility index (Phi) is 12.5. The van der Waals surface area contributed by atoms with Gasteiger partial charge in [0.2, 0.25) is 0 Å². The number of nitrogens with zero attached hydrogens (tertiary/aromatic N) is 4. The molecule has 0 bridgehead atoms. The Hall–Kier alpha value is -9.81. The summed E-state index contributed by atoms with van der Waals surface area (Å²) < 4.78 is 0. The van der Waals surface area contributed by atoms with E-state index < -0.39 is 6.23 Å². The van der Waals surface area contributed by atoms with E-state index in [1.807, 2.05) is 61.1 Å². The van der Waals surface area contributed by atoms with Crippen molar-refractivity contribution < 1.29 is 5.11 Å². The Morgan fingerprint density at radius 1 is 0.333 bits per heavy atom. The highest BCUT2D eigenvalue weighted by Gasteiger charge is 2.38. The van der Waals surface area contributed by atoms with E-state index in [1.54, 1.807) is 0 Å². The van der Waals surface area contributed by atoms with Gasteiger partial charge in [-0.2, -0.15) is 0 Å². The van der Waals surface area contributed by atoms with Crippen LogP contribution < -0.4 is 4.90 Å². The summed E-state index contributed by atoms with van der Waals surface area (Å²) in [6, 6.07) is 91.5. The van der Waals surface area contributed by atoms with Gasteiger partial charge in [0.15, 0.2) is 6.23 Å². The number of aliphatic hydroxyl groups is 1. The molecule has 5 heteroatoms. The molecule has 0 saturated carbocycles.